The van der Waals surface area contributed by atoms with E-state index in [2.05, 4.69) is 10.6 Å². The molecule has 0 aliphatic heterocycles. The van der Waals surface area contributed by atoms with E-state index in [9.17, 15) is 14.4 Å². The van der Waals surface area contributed by atoms with E-state index in [1.54, 1.807) is 24.3 Å². The zero-order chi connectivity index (χ0) is 20.0. The maximum atomic E-state index is 12.7. The average Bonchev–Trinajstić information content (AvgIpc) is 2.59. The number of benzene rings is 2. The molecule has 6 heteroatoms. The molecule has 142 valence electrons. The number of carbonyl (C=O) groups excluding carboxylic acids is 3. The lowest BCUT2D eigenvalue weighted by atomic mass is 10.1. The van der Waals surface area contributed by atoms with Crippen LogP contribution >= 0.6 is 0 Å². The number of hydrogen-bond donors (Lipinski definition) is 2. The molecule has 2 aromatic rings. The second-order valence-electron chi connectivity index (χ2n) is 6.50. The quantitative estimate of drug-likeness (QED) is 0.822. The first kappa shape index (κ1) is 20.2. The van der Waals surface area contributed by atoms with Crippen LogP contribution in [0.25, 0.3) is 0 Å². The molecule has 2 N–H and O–H groups in total. The van der Waals surface area contributed by atoms with Gasteiger partial charge in [-0.3, -0.25) is 14.4 Å². The molecule has 0 unspecified atom stereocenters. The van der Waals surface area contributed by atoms with Crippen molar-refractivity contribution in [2.45, 2.75) is 27.7 Å². The van der Waals surface area contributed by atoms with Crippen molar-refractivity contribution in [1.29, 1.82) is 0 Å². The predicted octanol–water partition coefficient (Wildman–Crippen LogP) is 3.36. The van der Waals surface area contributed by atoms with Crippen LogP contribution in [0.15, 0.2) is 42.5 Å². The monoisotopic (exact) mass is 367 g/mol. The van der Waals surface area contributed by atoms with E-state index in [1.165, 1.54) is 11.8 Å². The summed E-state index contributed by atoms with van der Waals surface area (Å²) in [6, 6.07) is 12.5. The Balaban J connectivity index is 2.01. The summed E-state index contributed by atoms with van der Waals surface area (Å²) in [7, 11) is 0. The van der Waals surface area contributed by atoms with Crippen LogP contribution in [0.5, 0.6) is 0 Å². The summed E-state index contributed by atoms with van der Waals surface area (Å²) in [5.74, 6) is -0.599. The highest BCUT2D eigenvalue weighted by molar-refractivity contribution is 5.99. The van der Waals surface area contributed by atoms with Gasteiger partial charge in [0.1, 0.15) is 6.54 Å². The third-order valence-corrected chi connectivity index (χ3v) is 3.96. The SMILES string of the molecule is CCN(CC(=O)Nc1ccc(NC(C)=O)cc1)C(=O)c1cc(C)cc(C)c1. The Hall–Kier alpha value is -3.15. The van der Waals surface area contributed by atoms with Crippen molar-refractivity contribution in [2.24, 2.45) is 0 Å². The van der Waals surface area contributed by atoms with Gasteiger partial charge in [0.05, 0.1) is 0 Å². The first-order chi connectivity index (χ1) is 12.8. The van der Waals surface area contributed by atoms with Crippen molar-refractivity contribution in [1.82, 2.24) is 4.90 Å². The molecule has 0 aliphatic carbocycles. The van der Waals surface area contributed by atoms with Crippen LogP contribution in [0.4, 0.5) is 11.4 Å². The number of nitrogens with one attached hydrogen (secondary N) is 2. The molecule has 0 saturated heterocycles. The number of amides is 3. The fraction of sp³-hybridized carbons (Fsp3) is 0.286. The molecular formula is C21H25N3O3. The average molecular weight is 367 g/mol. The number of anilines is 2. The largest absolute Gasteiger partial charge is 0.330 e. The summed E-state index contributed by atoms with van der Waals surface area (Å²) in [6.07, 6.45) is 0. The van der Waals surface area contributed by atoms with Gasteiger partial charge in [-0.2, -0.15) is 0 Å². The molecule has 2 aromatic carbocycles. The van der Waals surface area contributed by atoms with Crippen molar-refractivity contribution < 1.29 is 14.4 Å². The molecule has 6 nitrogen and oxygen atoms in total. The Labute approximate surface area is 159 Å². The molecule has 3 amide bonds. The molecule has 27 heavy (non-hydrogen) atoms. The van der Waals surface area contributed by atoms with E-state index in [0.29, 0.717) is 23.5 Å². The number of carbonyl (C=O) groups is 3. The van der Waals surface area contributed by atoms with E-state index in [-0.39, 0.29) is 24.3 Å². The zero-order valence-electron chi connectivity index (χ0n) is 16.1. The molecule has 0 saturated carbocycles. The third-order valence-electron chi connectivity index (χ3n) is 3.96. The summed E-state index contributed by atoms with van der Waals surface area (Å²) in [5, 5.41) is 5.44. The van der Waals surface area contributed by atoms with Gasteiger partial charge in [0.25, 0.3) is 5.91 Å². The fourth-order valence-electron chi connectivity index (χ4n) is 2.82. The minimum Gasteiger partial charge on any atom is -0.330 e. The summed E-state index contributed by atoms with van der Waals surface area (Å²) in [6.45, 7) is 7.56. The zero-order valence-corrected chi connectivity index (χ0v) is 16.1. The lowest BCUT2D eigenvalue weighted by Gasteiger charge is -2.21. The van der Waals surface area contributed by atoms with Gasteiger partial charge in [-0.25, -0.2) is 0 Å². The molecule has 0 atom stereocenters. The molecule has 0 aromatic heterocycles. The van der Waals surface area contributed by atoms with E-state index in [1.807, 2.05) is 39.0 Å². The van der Waals surface area contributed by atoms with Crippen molar-refractivity contribution in [3.05, 3.63) is 59.2 Å². The highest BCUT2D eigenvalue weighted by Gasteiger charge is 2.18. The predicted molar refractivity (Wildman–Crippen MR) is 107 cm³/mol. The van der Waals surface area contributed by atoms with Gasteiger partial charge in [-0.05, 0) is 57.2 Å². The Bertz CT molecular complexity index is 824. The Kier molecular flexibility index (Phi) is 6.71. The fourth-order valence-corrected chi connectivity index (χ4v) is 2.82. The molecule has 0 radical (unpaired) electrons. The summed E-state index contributed by atoms with van der Waals surface area (Å²) >= 11 is 0. The van der Waals surface area contributed by atoms with Crippen LogP contribution in [0.1, 0.15) is 35.3 Å². The number of nitrogens with zero attached hydrogens (tertiary/aromatic N) is 1. The number of hydrogen-bond acceptors (Lipinski definition) is 3. The van der Waals surface area contributed by atoms with Gasteiger partial charge >= 0.3 is 0 Å². The standard InChI is InChI=1S/C21H25N3O3/c1-5-24(21(27)17-11-14(2)10-15(3)12-17)13-20(26)23-19-8-6-18(7-9-19)22-16(4)25/h6-12H,5,13H2,1-4H3,(H,22,25)(H,23,26). The highest BCUT2D eigenvalue weighted by atomic mass is 16.2. The molecule has 0 fully saturated rings. The smallest absolute Gasteiger partial charge is 0.254 e. The second kappa shape index (κ2) is 8.98. The summed E-state index contributed by atoms with van der Waals surface area (Å²) < 4.78 is 0. The maximum Gasteiger partial charge on any atom is 0.254 e. The summed E-state index contributed by atoms with van der Waals surface area (Å²) in [4.78, 5) is 37.6. The molecule has 0 bridgehead atoms. The molecule has 0 heterocycles. The van der Waals surface area contributed by atoms with Gasteiger partial charge in [-0.15, -0.1) is 0 Å². The first-order valence-corrected chi connectivity index (χ1v) is 8.83. The lowest BCUT2D eigenvalue weighted by Crippen LogP contribution is -2.37. The number of rotatable bonds is 6. The highest BCUT2D eigenvalue weighted by Crippen LogP contribution is 2.14. The van der Waals surface area contributed by atoms with Crippen molar-refractivity contribution >= 4 is 29.1 Å². The van der Waals surface area contributed by atoms with Gasteiger partial charge in [0.15, 0.2) is 0 Å². The van der Waals surface area contributed by atoms with E-state index in [0.717, 1.165) is 11.1 Å². The van der Waals surface area contributed by atoms with Crippen LogP contribution in [-0.2, 0) is 9.59 Å². The van der Waals surface area contributed by atoms with Crippen molar-refractivity contribution in [3.8, 4) is 0 Å². The number of likely N-dealkylation sites (N-methyl/N-ethyl adjacent to an activating group) is 1. The van der Waals surface area contributed by atoms with Crippen molar-refractivity contribution in [2.75, 3.05) is 23.7 Å². The lowest BCUT2D eigenvalue weighted by molar-refractivity contribution is -0.117. The second-order valence-corrected chi connectivity index (χ2v) is 6.50. The maximum absolute atomic E-state index is 12.7. The Morgan fingerprint density at radius 3 is 1.89 bits per heavy atom. The Morgan fingerprint density at radius 1 is 0.889 bits per heavy atom. The van der Waals surface area contributed by atoms with Gasteiger partial charge in [0, 0.05) is 30.4 Å². The van der Waals surface area contributed by atoms with E-state index >= 15 is 0 Å². The first-order valence-electron chi connectivity index (χ1n) is 8.83. The minimum absolute atomic E-state index is 0.0320. The van der Waals surface area contributed by atoms with E-state index < -0.39 is 0 Å². The molecule has 0 aliphatic rings. The third kappa shape index (κ3) is 5.95. The van der Waals surface area contributed by atoms with E-state index in [4.69, 9.17) is 0 Å². The topological polar surface area (TPSA) is 78.5 Å². The van der Waals surface area contributed by atoms with Crippen LogP contribution in [0.3, 0.4) is 0 Å². The van der Waals surface area contributed by atoms with Crippen LogP contribution < -0.4 is 10.6 Å². The Morgan fingerprint density at radius 2 is 1.41 bits per heavy atom. The molecule has 2 rings (SSSR count). The van der Waals surface area contributed by atoms with Gasteiger partial charge in [-0.1, -0.05) is 17.2 Å². The summed E-state index contributed by atoms with van der Waals surface area (Å²) in [5.41, 5.74) is 3.86. The molecular weight excluding hydrogens is 342 g/mol. The van der Waals surface area contributed by atoms with Gasteiger partial charge in [0.2, 0.25) is 11.8 Å². The van der Waals surface area contributed by atoms with Crippen LogP contribution in [-0.4, -0.2) is 35.7 Å². The van der Waals surface area contributed by atoms with Gasteiger partial charge < -0.3 is 15.5 Å². The van der Waals surface area contributed by atoms with Crippen molar-refractivity contribution in [3.63, 3.8) is 0 Å². The molecule has 0 spiro atoms. The van der Waals surface area contributed by atoms with Crippen LogP contribution in [0.2, 0.25) is 0 Å². The van der Waals surface area contributed by atoms with Crippen LogP contribution in [0, 0.1) is 13.8 Å². The number of aryl methyl sites for hydroxylation is 2. The minimum atomic E-state index is -0.276. The normalized spacial score (nSPS) is 10.2.